The molecule has 1 aliphatic rings. The Morgan fingerprint density at radius 2 is 2.26 bits per heavy atom. The summed E-state index contributed by atoms with van der Waals surface area (Å²) in [6.45, 7) is 3.06. The maximum Gasteiger partial charge on any atom is 0.261 e. The summed E-state index contributed by atoms with van der Waals surface area (Å²) in [4.78, 5) is 23.5. The highest BCUT2D eigenvalue weighted by Crippen LogP contribution is 2.16. The monoisotopic (exact) mass is 303 g/mol. The second-order valence-corrected chi connectivity index (χ2v) is 5.44. The minimum atomic E-state index is -0.502. The van der Waals surface area contributed by atoms with Gasteiger partial charge in [-0.2, -0.15) is 0 Å². The van der Waals surface area contributed by atoms with Gasteiger partial charge in [-0.15, -0.1) is 23.7 Å². The van der Waals surface area contributed by atoms with Gasteiger partial charge in [0.15, 0.2) is 0 Å². The van der Waals surface area contributed by atoms with E-state index in [9.17, 15) is 9.59 Å². The summed E-state index contributed by atoms with van der Waals surface area (Å²) in [5.74, 6) is -0.633. The molecule has 2 rings (SSSR count). The molecule has 4 N–H and O–H groups in total. The lowest BCUT2D eigenvalue weighted by molar-refractivity contribution is 0.0924. The van der Waals surface area contributed by atoms with Crippen molar-refractivity contribution >= 4 is 35.6 Å². The van der Waals surface area contributed by atoms with Crippen LogP contribution in [0.3, 0.4) is 0 Å². The Morgan fingerprint density at radius 1 is 1.53 bits per heavy atom. The zero-order valence-corrected chi connectivity index (χ0v) is 12.3. The number of hydrogen-bond donors (Lipinski definition) is 3. The Kier molecular flexibility index (Phi) is 5.78. The fourth-order valence-electron chi connectivity index (χ4n) is 2.07. The van der Waals surface area contributed by atoms with Crippen LogP contribution in [0.25, 0.3) is 0 Å². The van der Waals surface area contributed by atoms with Crippen LogP contribution in [0.2, 0.25) is 0 Å². The molecule has 0 spiro atoms. The van der Waals surface area contributed by atoms with Crippen molar-refractivity contribution in [3.63, 3.8) is 0 Å². The van der Waals surface area contributed by atoms with Crippen molar-refractivity contribution in [1.82, 2.24) is 10.6 Å². The number of rotatable bonds is 3. The van der Waals surface area contributed by atoms with E-state index in [1.807, 2.05) is 0 Å². The lowest BCUT2D eigenvalue weighted by Crippen LogP contribution is -2.51. The molecule has 1 fully saturated rings. The van der Waals surface area contributed by atoms with E-state index in [1.165, 1.54) is 11.3 Å². The van der Waals surface area contributed by atoms with E-state index in [-0.39, 0.29) is 30.4 Å². The Hall–Kier alpha value is -1.11. The van der Waals surface area contributed by atoms with Gasteiger partial charge < -0.3 is 16.4 Å². The first-order valence-corrected chi connectivity index (χ1v) is 6.88. The minimum Gasteiger partial charge on any atom is -0.366 e. The summed E-state index contributed by atoms with van der Waals surface area (Å²) in [7, 11) is 0. The van der Waals surface area contributed by atoms with Gasteiger partial charge >= 0.3 is 0 Å². The molecule has 0 saturated carbocycles. The number of nitrogens with one attached hydrogen (secondary N) is 2. The molecule has 2 unspecified atom stereocenters. The summed E-state index contributed by atoms with van der Waals surface area (Å²) in [5, 5.41) is 7.93. The van der Waals surface area contributed by atoms with Crippen LogP contribution in [0.1, 0.15) is 39.8 Å². The molecule has 0 aliphatic carbocycles. The lowest BCUT2D eigenvalue weighted by atomic mass is 10.00. The van der Waals surface area contributed by atoms with Crippen LogP contribution in [0.4, 0.5) is 0 Å². The van der Waals surface area contributed by atoms with Gasteiger partial charge in [-0.25, -0.2) is 0 Å². The van der Waals surface area contributed by atoms with Crippen molar-refractivity contribution in [2.75, 3.05) is 6.54 Å². The van der Waals surface area contributed by atoms with Gasteiger partial charge in [0.05, 0.1) is 10.4 Å². The molecule has 2 amide bonds. The smallest absolute Gasteiger partial charge is 0.261 e. The SMILES string of the molecule is CC1NCCCC1NC(=O)c1cc(C(N)=O)cs1.Cl. The lowest BCUT2D eigenvalue weighted by Gasteiger charge is -2.30. The van der Waals surface area contributed by atoms with Gasteiger partial charge in [0.25, 0.3) is 5.91 Å². The molecule has 0 aromatic carbocycles. The zero-order chi connectivity index (χ0) is 13.1. The summed E-state index contributed by atoms with van der Waals surface area (Å²) < 4.78 is 0. The Morgan fingerprint density at radius 3 is 2.84 bits per heavy atom. The van der Waals surface area contributed by atoms with Crippen LogP contribution in [-0.4, -0.2) is 30.4 Å². The number of piperidine rings is 1. The topological polar surface area (TPSA) is 84.2 Å². The van der Waals surface area contributed by atoms with E-state index in [0.717, 1.165) is 19.4 Å². The van der Waals surface area contributed by atoms with Crippen LogP contribution in [-0.2, 0) is 0 Å². The van der Waals surface area contributed by atoms with Crippen molar-refractivity contribution in [2.24, 2.45) is 5.73 Å². The van der Waals surface area contributed by atoms with Gasteiger partial charge in [-0.1, -0.05) is 0 Å². The molecule has 1 aliphatic heterocycles. The molecule has 2 atom stereocenters. The average molecular weight is 304 g/mol. The third kappa shape index (κ3) is 3.92. The molecule has 0 bridgehead atoms. The Balaban J connectivity index is 0.00000180. The van der Waals surface area contributed by atoms with Gasteiger partial charge in [0.2, 0.25) is 5.91 Å². The predicted octanol–water partition coefficient (Wildman–Crippen LogP) is 1.14. The number of primary amides is 1. The maximum absolute atomic E-state index is 12.0. The van der Waals surface area contributed by atoms with Crippen molar-refractivity contribution in [2.45, 2.75) is 31.8 Å². The number of carbonyl (C=O) groups is 2. The fourth-order valence-corrected chi connectivity index (χ4v) is 2.86. The van der Waals surface area contributed by atoms with Crippen molar-refractivity contribution in [3.05, 3.63) is 21.9 Å². The quantitative estimate of drug-likeness (QED) is 0.783. The molecule has 1 aromatic rings. The second-order valence-electron chi connectivity index (χ2n) is 4.53. The predicted molar refractivity (Wildman–Crippen MR) is 78.0 cm³/mol. The number of thiophene rings is 1. The highest BCUT2D eigenvalue weighted by molar-refractivity contribution is 7.12. The number of hydrogen-bond acceptors (Lipinski definition) is 4. The molecule has 0 radical (unpaired) electrons. The number of nitrogens with two attached hydrogens (primary N) is 1. The van der Waals surface area contributed by atoms with E-state index < -0.39 is 5.91 Å². The van der Waals surface area contributed by atoms with E-state index in [1.54, 1.807) is 11.4 Å². The van der Waals surface area contributed by atoms with Crippen molar-refractivity contribution in [3.8, 4) is 0 Å². The number of amides is 2. The molecule has 7 heteroatoms. The number of halogens is 1. The summed E-state index contributed by atoms with van der Waals surface area (Å²) >= 11 is 1.24. The van der Waals surface area contributed by atoms with E-state index >= 15 is 0 Å². The van der Waals surface area contributed by atoms with Crippen LogP contribution < -0.4 is 16.4 Å². The Labute approximate surface area is 122 Å². The van der Waals surface area contributed by atoms with Crippen LogP contribution in [0.15, 0.2) is 11.4 Å². The first-order valence-electron chi connectivity index (χ1n) is 6.00. The molecule has 2 heterocycles. The highest BCUT2D eigenvalue weighted by atomic mass is 35.5. The highest BCUT2D eigenvalue weighted by Gasteiger charge is 2.23. The second kappa shape index (κ2) is 6.88. The van der Waals surface area contributed by atoms with E-state index in [4.69, 9.17) is 5.73 Å². The van der Waals surface area contributed by atoms with E-state index in [0.29, 0.717) is 10.4 Å². The average Bonchev–Trinajstić information content (AvgIpc) is 2.81. The van der Waals surface area contributed by atoms with Crippen molar-refractivity contribution < 1.29 is 9.59 Å². The third-order valence-corrected chi connectivity index (χ3v) is 4.11. The van der Waals surface area contributed by atoms with Crippen molar-refractivity contribution in [1.29, 1.82) is 0 Å². The standard InChI is InChI=1S/C12H17N3O2S.ClH/c1-7-9(3-2-4-14-7)15-12(17)10-5-8(6-18-10)11(13)16;/h5-7,9,14H,2-4H2,1H3,(H2,13,16)(H,15,17);1H. The molecule has 1 aromatic heterocycles. The Bertz CT molecular complexity index is 464. The van der Waals surface area contributed by atoms with E-state index in [2.05, 4.69) is 17.6 Å². The minimum absolute atomic E-state index is 0. The molecule has 1 saturated heterocycles. The molecule has 19 heavy (non-hydrogen) atoms. The summed E-state index contributed by atoms with van der Waals surface area (Å²) in [5.41, 5.74) is 5.55. The van der Waals surface area contributed by atoms with Crippen LogP contribution >= 0.6 is 23.7 Å². The van der Waals surface area contributed by atoms with Gasteiger partial charge in [-0.05, 0) is 32.4 Å². The maximum atomic E-state index is 12.0. The van der Waals surface area contributed by atoms with Gasteiger partial charge in [0.1, 0.15) is 0 Å². The molecular formula is C12H18ClN3O2S. The first kappa shape index (κ1) is 15.9. The largest absolute Gasteiger partial charge is 0.366 e. The zero-order valence-electron chi connectivity index (χ0n) is 10.6. The van der Waals surface area contributed by atoms with Gasteiger partial charge in [-0.3, -0.25) is 9.59 Å². The third-order valence-electron chi connectivity index (χ3n) is 3.19. The normalized spacial score (nSPS) is 22.4. The molecular weight excluding hydrogens is 286 g/mol. The fraction of sp³-hybridized carbons (Fsp3) is 0.500. The van der Waals surface area contributed by atoms with Crippen LogP contribution in [0.5, 0.6) is 0 Å². The summed E-state index contributed by atoms with van der Waals surface area (Å²) in [6, 6.07) is 1.96. The first-order chi connectivity index (χ1) is 8.58. The van der Waals surface area contributed by atoms with Crippen LogP contribution in [0, 0.1) is 0 Å². The molecule has 5 nitrogen and oxygen atoms in total. The summed E-state index contributed by atoms with van der Waals surface area (Å²) in [6.07, 6.45) is 2.04. The number of carbonyl (C=O) groups excluding carboxylic acids is 2. The van der Waals surface area contributed by atoms with Gasteiger partial charge in [0, 0.05) is 17.5 Å². The molecule has 106 valence electrons.